The maximum atomic E-state index is 12.5. The van der Waals surface area contributed by atoms with Crippen LogP contribution in [0.5, 0.6) is 0 Å². The fourth-order valence-corrected chi connectivity index (χ4v) is 3.00. The van der Waals surface area contributed by atoms with Gasteiger partial charge in [0.25, 0.3) is 0 Å². The van der Waals surface area contributed by atoms with Crippen molar-refractivity contribution in [3.8, 4) is 0 Å². The fourth-order valence-electron chi connectivity index (χ4n) is 3.00. The Hall–Kier alpha value is -2.77. The number of Topliss-reactive ketones (excluding diaryl/α,β-unsaturated/α-hetero) is 2. The maximum absolute atomic E-state index is 12.5. The van der Waals surface area contributed by atoms with Gasteiger partial charge < -0.3 is 4.98 Å². The number of amides is 4. The minimum Gasteiger partial charge on any atom is -0.355 e. The lowest BCUT2D eigenvalue weighted by atomic mass is 10.1. The lowest BCUT2D eigenvalue weighted by molar-refractivity contribution is -0.143. The third-order valence-electron chi connectivity index (χ3n) is 4.05. The minimum atomic E-state index is -1.01. The Morgan fingerprint density at radius 2 is 1.60 bits per heavy atom. The number of hydrogen-bond acceptors (Lipinski definition) is 5. The van der Waals surface area contributed by atoms with E-state index < -0.39 is 30.2 Å². The van der Waals surface area contributed by atoms with Crippen molar-refractivity contribution in [1.29, 1.82) is 0 Å². The summed E-state index contributed by atoms with van der Waals surface area (Å²) in [5.41, 5.74) is 1.60. The lowest BCUT2D eigenvalue weighted by Gasteiger charge is -2.16. The monoisotopic (exact) mass is 347 g/mol. The molecular weight excluding hydrogens is 326 g/mol. The number of nitrogens with zero attached hydrogens (tertiary/aromatic N) is 2. The van der Waals surface area contributed by atoms with E-state index in [0.29, 0.717) is 21.7 Å². The van der Waals surface area contributed by atoms with Gasteiger partial charge in [-0.3, -0.25) is 24.1 Å². The molecule has 0 aliphatic carbocycles. The highest BCUT2D eigenvalue weighted by Crippen LogP contribution is 2.20. The van der Waals surface area contributed by atoms with Crippen LogP contribution in [0.3, 0.4) is 0 Å². The van der Waals surface area contributed by atoms with Gasteiger partial charge in [-0.2, -0.15) is 0 Å². The third kappa shape index (κ3) is 3.24. The van der Waals surface area contributed by atoms with E-state index >= 15 is 0 Å². The van der Waals surface area contributed by atoms with Crippen LogP contribution in [-0.2, 0) is 9.59 Å². The number of urea groups is 1. The molecule has 134 valence electrons. The van der Waals surface area contributed by atoms with Crippen molar-refractivity contribution in [2.45, 2.75) is 34.6 Å². The number of carbonyl (C=O) groups is 5. The quantitative estimate of drug-likeness (QED) is 0.476. The van der Waals surface area contributed by atoms with E-state index in [-0.39, 0.29) is 23.9 Å². The molecule has 1 N–H and O–H groups in total. The van der Waals surface area contributed by atoms with Crippen molar-refractivity contribution >= 4 is 29.4 Å². The molecule has 25 heavy (non-hydrogen) atoms. The molecule has 0 aromatic carbocycles. The van der Waals surface area contributed by atoms with Crippen LogP contribution in [0.15, 0.2) is 0 Å². The SMILES string of the molecule is CC(=O)c1c(C)[nH]c(C(=O)CN2C(=O)C(=O)N(CC(C)C)C2=O)c1C. The van der Waals surface area contributed by atoms with Crippen LogP contribution >= 0.6 is 0 Å². The van der Waals surface area contributed by atoms with E-state index in [0.717, 1.165) is 4.90 Å². The van der Waals surface area contributed by atoms with Crippen molar-refractivity contribution in [2.75, 3.05) is 13.1 Å². The summed E-state index contributed by atoms with van der Waals surface area (Å²) in [5, 5.41) is 0. The summed E-state index contributed by atoms with van der Waals surface area (Å²) < 4.78 is 0. The lowest BCUT2D eigenvalue weighted by Crippen LogP contribution is -2.38. The molecule has 1 aliphatic heterocycles. The molecule has 1 aliphatic rings. The Labute approximate surface area is 145 Å². The number of rotatable bonds is 6. The zero-order valence-electron chi connectivity index (χ0n) is 14.9. The Bertz CT molecular complexity index is 790. The first-order chi connectivity index (χ1) is 11.6. The Morgan fingerprint density at radius 1 is 1.04 bits per heavy atom. The molecule has 0 spiro atoms. The van der Waals surface area contributed by atoms with Crippen LogP contribution in [0.25, 0.3) is 0 Å². The standard InChI is InChI=1S/C17H21N3O5/c1-8(2)6-19-15(23)16(24)20(17(19)25)7-12(22)14-9(3)13(11(5)21)10(4)18-14/h8,18H,6-7H2,1-5H3. The summed E-state index contributed by atoms with van der Waals surface area (Å²) in [6.45, 7) is 7.88. The van der Waals surface area contributed by atoms with Gasteiger partial charge in [-0.15, -0.1) is 0 Å². The maximum Gasteiger partial charge on any atom is 0.334 e. The van der Waals surface area contributed by atoms with Crippen molar-refractivity contribution < 1.29 is 24.0 Å². The fraction of sp³-hybridized carbons (Fsp3) is 0.471. The Kier molecular flexibility index (Phi) is 4.92. The first-order valence-electron chi connectivity index (χ1n) is 7.96. The van der Waals surface area contributed by atoms with E-state index in [1.54, 1.807) is 13.8 Å². The molecule has 0 saturated carbocycles. The second-order valence-electron chi connectivity index (χ2n) is 6.59. The van der Waals surface area contributed by atoms with E-state index in [1.807, 2.05) is 13.8 Å². The second-order valence-corrected chi connectivity index (χ2v) is 6.59. The highest BCUT2D eigenvalue weighted by atomic mass is 16.2. The molecule has 0 radical (unpaired) electrons. The van der Waals surface area contributed by atoms with Crippen LogP contribution in [0.4, 0.5) is 4.79 Å². The number of hydrogen-bond donors (Lipinski definition) is 1. The highest BCUT2D eigenvalue weighted by molar-refractivity contribution is 6.45. The highest BCUT2D eigenvalue weighted by Gasteiger charge is 2.45. The molecule has 4 amide bonds. The van der Waals surface area contributed by atoms with Gasteiger partial charge in [-0.1, -0.05) is 13.8 Å². The van der Waals surface area contributed by atoms with E-state index in [2.05, 4.69) is 4.98 Å². The van der Waals surface area contributed by atoms with Gasteiger partial charge in [0, 0.05) is 17.8 Å². The molecule has 8 nitrogen and oxygen atoms in total. The van der Waals surface area contributed by atoms with E-state index in [4.69, 9.17) is 0 Å². The van der Waals surface area contributed by atoms with Crippen LogP contribution in [0.1, 0.15) is 52.9 Å². The molecule has 2 heterocycles. The van der Waals surface area contributed by atoms with Crippen molar-refractivity contribution in [1.82, 2.24) is 14.8 Å². The second kappa shape index (κ2) is 6.62. The smallest absolute Gasteiger partial charge is 0.334 e. The van der Waals surface area contributed by atoms with Gasteiger partial charge >= 0.3 is 17.8 Å². The summed E-state index contributed by atoms with van der Waals surface area (Å²) in [6.07, 6.45) is 0. The molecule has 1 saturated heterocycles. The van der Waals surface area contributed by atoms with Gasteiger partial charge in [0.05, 0.1) is 12.2 Å². The predicted molar refractivity (Wildman–Crippen MR) is 88.3 cm³/mol. The molecule has 1 fully saturated rings. The van der Waals surface area contributed by atoms with Gasteiger partial charge in [0.1, 0.15) is 0 Å². The number of carbonyl (C=O) groups excluding carboxylic acids is 5. The zero-order chi connectivity index (χ0) is 19.0. The minimum absolute atomic E-state index is 0.00257. The van der Waals surface area contributed by atoms with Crippen LogP contribution < -0.4 is 0 Å². The Morgan fingerprint density at radius 3 is 2.08 bits per heavy atom. The zero-order valence-corrected chi connectivity index (χ0v) is 14.9. The number of nitrogens with one attached hydrogen (secondary N) is 1. The molecule has 1 aromatic rings. The van der Waals surface area contributed by atoms with Crippen molar-refractivity contribution in [3.05, 3.63) is 22.5 Å². The Balaban J connectivity index is 2.25. The van der Waals surface area contributed by atoms with Gasteiger partial charge in [-0.25, -0.2) is 9.69 Å². The van der Waals surface area contributed by atoms with Gasteiger partial charge in [-0.05, 0) is 32.3 Å². The number of aromatic nitrogens is 1. The number of ketones is 2. The number of H-pyrrole nitrogens is 1. The molecule has 1 aromatic heterocycles. The normalized spacial score (nSPS) is 14.9. The summed E-state index contributed by atoms with van der Waals surface area (Å²) >= 11 is 0. The van der Waals surface area contributed by atoms with Crippen LogP contribution in [0.2, 0.25) is 0 Å². The number of aryl methyl sites for hydroxylation is 1. The number of aromatic amines is 1. The molecule has 2 rings (SSSR count). The summed E-state index contributed by atoms with van der Waals surface area (Å²) in [5.74, 6) is -2.64. The molecule has 0 unspecified atom stereocenters. The predicted octanol–water partition coefficient (Wildman–Crippen LogP) is 1.46. The molecule has 0 atom stereocenters. The summed E-state index contributed by atoms with van der Waals surface area (Å²) in [4.78, 5) is 64.8. The van der Waals surface area contributed by atoms with Gasteiger partial charge in [0.15, 0.2) is 11.6 Å². The number of imide groups is 2. The van der Waals surface area contributed by atoms with Crippen LogP contribution in [-0.4, -0.2) is 57.3 Å². The topological polar surface area (TPSA) is 108 Å². The van der Waals surface area contributed by atoms with Gasteiger partial charge in [0.2, 0.25) is 0 Å². The average molecular weight is 347 g/mol. The van der Waals surface area contributed by atoms with E-state index in [9.17, 15) is 24.0 Å². The molecule has 8 heteroatoms. The van der Waals surface area contributed by atoms with E-state index in [1.165, 1.54) is 6.92 Å². The van der Waals surface area contributed by atoms with Crippen LogP contribution in [0, 0.1) is 19.8 Å². The summed E-state index contributed by atoms with van der Waals surface area (Å²) in [6, 6.07) is -0.787. The average Bonchev–Trinajstić information content (AvgIpc) is 2.90. The van der Waals surface area contributed by atoms with Crippen molar-refractivity contribution in [2.24, 2.45) is 5.92 Å². The first-order valence-corrected chi connectivity index (χ1v) is 7.96. The third-order valence-corrected chi connectivity index (χ3v) is 4.05. The molecule has 0 bridgehead atoms. The van der Waals surface area contributed by atoms with Crippen molar-refractivity contribution in [3.63, 3.8) is 0 Å². The largest absolute Gasteiger partial charge is 0.355 e. The first kappa shape index (κ1) is 18.6. The summed E-state index contributed by atoms with van der Waals surface area (Å²) in [7, 11) is 0. The molecular formula is C17H21N3O5.